The van der Waals surface area contributed by atoms with E-state index in [-0.39, 0.29) is 11.9 Å². The van der Waals surface area contributed by atoms with Crippen LogP contribution in [0, 0.1) is 0 Å². The summed E-state index contributed by atoms with van der Waals surface area (Å²) >= 11 is 0. The molecule has 1 atom stereocenters. The van der Waals surface area contributed by atoms with Crippen molar-refractivity contribution in [1.29, 1.82) is 0 Å². The van der Waals surface area contributed by atoms with Gasteiger partial charge in [0.25, 0.3) is 0 Å². The second kappa shape index (κ2) is 7.23. The van der Waals surface area contributed by atoms with Crippen LogP contribution in [-0.4, -0.2) is 54.4 Å². The number of carbonyl (C=O) groups is 1. The lowest BCUT2D eigenvalue weighted by molar-refractivity contribution is 0.184. The number of benzene rings is 1. The van der Waals surface area contributed by atoms with Crippen LogP contribution in [0.4, 0.5) is 4.79 Å². The average Bonchev–Trinajstić information content (AvgIpc) is 3.25. The molecule has 2 amide bonds. The molecule has 1 aromatic carbocycles. The van der Waals surface area contributed by atoms with Gasteiger partial charge in [-0.1, -0.05) is 35.5 Å². The van der Waals surface area contributed by atoms with Crippen LogP contribution in [0.5, 0.6) is 0 Å². The summed E-state index contributed by atoms with van der Waals surface area (Å²) < 4.78 is 10.3. The van der Waals surface area contributed by atoms with Crippen LogP contribution >= 0.6 is 0 Å². The fraction of sp³-hybridized carbons (Fsp3) is 0.438. The molecule has 0 radical (unpaired) electrons. The summed E-state index contributed by atoms with van der Waals surface area (Å²) in [6, 6.07) is 9.63. The van der Waals surface area contributed by atoms with Gasteiger partial charge in [0.2, 0.25) is 11.7 Å². The molecule has 1 fully saturated rings. The van der Waals surface area contributed by atoms with Crippen LogP contribution in [0.25, 0.3) is 11.4 Å². The van der Waals surface area contributed by atoms with Crippen molar-refractivity contribution in [1.82, 2.24) is 20.4 Å². The Kier molecular flexibility index (Phi) is 4.87. The molecular formula is C16H20N4O3. The predicted octanol–water partition coefficient (Wildman–Crippen LogP) is 1.88. The molecule has 2 heterocycles. The number of hydrogen-bond acceptors (Lipinski definition) is 5. The maximum absolute atomic E-state index is 12.0. The molecule has 2 aromatic rings. The lowest BCUT2D eigenvalue weighted by Gasteiger charge is -2.16. The van der Waals surface area contributed by atoms with Crippen LogP contribution < -0.4 is 5.32 Å². The zero-order chi connectivity index (χ0) is 16.1. The molecule has 1 unspecified atom stereocenters. The van der Waals surface area contributed by atoms with Gasteiger partial charge in [0.05, 0.1) is 12.5 Å². The summed E-state index contributed by atoms with van der Waals surface area (Å²) in [7, 11) is 1.61. The van der Waals surface area contributed by atoms with Crippen molar-refractivity contribution >= 4 is 6.03 Å². The minimum Gasteiger partial charge on any atom is -0.383 e. The Labute approximate surface area is 134 Å². The van der Waals surface area contributed by atoms with Crippen molar-refractivity contribution in [3.05, 3.63) is 36.2 Å². The third kappa shape index (κ3) is 3.68. The smallest absolute Gasteiger partial charge is 0.317 e. The van der Waals surface area contributed by atoms with Crippen molar-refractivity contribution in [2.75, 3.05) is 33.4 Å². The topological polar surface area (TPSA) is 80.5 Å². The number of rotatable bonds is 5. The van der Waals surface area contributed by atoms with Crippen molar-refractivity contribution < 1.29 is 14.1 Å². The summed E-state index contributed by atoms with van der Waals surface area (Å²) in [5, 5.41) is 6.86. The molecule has 1 aliphatic heterocycles. The molecule has 7 nitrogen and oxygen atoms in total. The second-order valence-electron chi connectivity index (χ2n) is 5.48. The molecule has 122 valence electrons. The third-order valence-electron chi connectivity index (χ3n) is 3.88. The standard InChI is InChI=1S/C16H20N4O3/c1-22-10-8-17-16(21)20-9-7-13(11-20)15-18-14(19-23-15)12-5-3-2-4-6-12/h2-6,13H,7-11H2,1H3,(H,17,21). The number of urea groups is 1. The zero-order valence-corrected chi connectivity index (χ0v) is 13.1. The highest BCUT2D eigenvalue weighted by Gasteiger charge is 2.31. The summed E-state index contributed by atoms with van der Waals surface area (Å²) in [5.74, 6) is 1.27. The third-order valence-corrected chi connectivity index (χ3v) is 3.88. The normalized spacial score (nSPS) is 17.4. The maximum atomic E-state index is 12.0. The first-order valence-corrected chi connectivity index (χ1v) is 7.68. The summed E-state index contributed by atoms with van der Waals surface area (Å²) in [4.78, 5) is 18.3. The monoisotopic (exact) mass is 316 g/mol. The van der Waals surface area contributed by atoms with E-state index in [1.54, 1.807) is 12.0 Å². The Morgan fingerprint density at radius 1 is 1.43 bits per heavy atom. The predicted molar refractivity (Wildman–Crippen MR) is 83.9 cm³/mol. The molecule has 1 saturated heterocycles. The van der Waals surface area contributed by atoms with E-state index in [0.29, 0.717) is 38.0 Å². The lowest BCUT2D eigenvalue weighted by Crippen LogP contribution is -2.39. The van der Waals surface area contributed by atoms with Gasteiger partial charge in [0.1, 0.15) is 0 Å². The van der Waals surface area contributed by atoms with Crippen molar-refractivity contribution in [3.63, 3.8) is 0 Å². The van der Waals surface area contributed by atoms with Gasteiger partial charge in [-0.15, -0.1) is 0 Å². The summed E-state index contributed by atoms with van der Waals surface area (Å²) in [6.07, 6.45) is 0.828. The molecule has 1 aliphatic rings. The number of nitrogens with zero attached hydrogens (tertiary/aromatic N) is 3. The Morgan fingerprint density at radius 3 is 3.04 bits per heavy atom. The number of hydrogen-bond donors (Lipinski definition) is 1. The number of aromatic nitrogens is 2. The van der Waals surface area contributed by atoms with E-state index >= 15 is 0 Å². The molecule has 0 saturated carbocycles. The molecule has 1 N–H and O–H groups in total. The van der Waals surface area contributed by atoms with E-state index in [1.165, 1.54) is 0 Å². The number of nitrogens with one attached hydrogen (secondary N) is 1. The van der Waals surface area contributed by atoms with Crippen LogP contribution in [-0.2, 0) is 4.74 Å². The molecule has 23 heavy (non-hydrogen) atoms. The SMILES string of the molecule is COCCNC(=O)N1CCC(c2nc(-c3ccccc3)no2)C1. The van der Waals surface area contributed by atoms with Gasteiger partial charge in [0.15, 0.2) is 0 Å². The van der Waals surface area contributed by atoms with Gasteiger partial charge < -0.3 is 19.5 Å². The quantitative estimate of drug-likeness (QED) is 0.852. The van der Waals surface area contributed by atoms with E-state index in [2.05, 4.69) is 15.5 Å². The van der Waals surface area contributed by atoms with Gasteiger partial charge in [-0.3, -0.25) is 0 Å². The molecule has 3 rings (SSSR count). The van der Waals surface area contributed by atoms with E-state index in [0.717, 1.165) is 12.0 Å². The van der Waals surface area contributed by atoms with Crippen LogP contribution in [0.3, 0.4) is 0 Å². The van der Waals surface area contributed by atoms with Gasteiger partial charge in [0, 0.05) is 32.3 Å². The fourth-order valence-corrected chi connectivity index (χ4v) is 2.62. The van der Waals surface area contributed by atoms with Gasteiger partial charge in [-0.05, 0) is 6.42 Å². The number of amides is 2. The fourth-order valence-electron chi connectivity index (χ4n) is 2.62. The highest BCUT2D eigenvalue weighted by molar-refractivity contribution is 5.74. The maximum Gasteiger partial charge on any atom is 0.317 e. The number of carbonyl (C=O) groups excluding carboxylic acids is 1. The largest absolute Gasteiger partial charge is 0.383 e. The first kappa shape index (κ1) is 15.5. The molecule has 0 aliphatic carbocycles. The minimum absolute atomic E-state index is 0.0765. The first-order valence-electron chi connectivity index (χ1n) is 7.68. The van der Waals surface area contributed by atoms with E-state index in [1.807, 2.05) is 30.3 Å². The Bertz CT molecular complexity index is 644. The van der Waals surface area contributed by atoms with Crippen molar-refractivity contribution in [2.24, 2.45) is 0 Å². The highest BCUT2D eigenvalue weighted by Crippen LogP contribution is 2.27. The molecule has 1 aromatic heterocycles. The van der Waals surface area contributed by atoms with E-state index < -0.39 is 0 Å². The molecule has 0 bridgehead atoms. The molecular weight excluding hydrogens is 296 g/mol. The van der Waals surface area contributed by atoms with Gasteiger partial charge in [-0.25, -0.2) is 4.79 Å². The Balaban J connectivity index is 1.59. The van der Waals surface area contributed by atoms with Crippen LogP contribution in [0.2, 0.25) is 0 Å². The zero-order valence-electron chi connectivity index (χ0n) is 13.1. The Morgan fingerprint density at radius 2 is 2.26 bits per heavy atom. The first-order chi connectivity index (χ1) is 11.3. The number of methoxy groups -OCH3 is 1. The molecule has 0 spiro atoms. The average molecular weight is 316 g/mol. The number of likely N-dealkylation sites (tertiary alicyclic amines) is 1. The highest BCUT2D eigenvalue weighted by atomic mass is 16.5. The second-order valence-corrected chi connectivity index (χ2v) is 5.48. The van der Waals surface area contributed by atoms with E-state index in [4.69, 9.17) is 9.26 Å². The van der Waals surface area contributed by atoms with Crippen molar-refractivity contribution in [2.45, 2.75) is 12.3 Å². The van der Waals surface area contributed by atoms with Crippen molar-refractivity contribution in [3.8, 4) is 11.4 Å². The summed E-state index contributed by atoms with van der Waals surface area (Å²) in [5.41, 5.74) is 0.926. The van der Waals surface area contributed by atoms with Gasteiger partial charge >= 0.3 is 6.03 Å². The van der Waals surface area contributed by atoms with E-state index in [9.17, 15) is 4.79 Å². The lowest BCUT2D eigenvalue weighted by atomic mass is 10.1. The van der Waals surface area contributed by atoms with Crippen LogP contribution in [0.15, 0.2) is 34.9 Å². The molecule has 7 heteroatoms. The van der Waals surface area contributed by atoms with Crippen LogP contribution in [0.1, 0.15) is 18.2 Å². The summed E-state index contributed by atoms with van der Waals surface area (Å²) in [6.45, 7) is 2.30. The minimum atomic E-state index is -0.0765. The number of ether oxygens (including phenoxy) is 1. The Hall–Kier alpha value is -2.41. The van der Waals surface area contributed by atoms with Gasteiger partial charge in [-0.2, -0.15) is 4.98 Å².